The molecular weight excluding hydrogens is 226 g/mol. The summed E-state index contributed by atoms with van der Waals surface area (Å²) in [5.41, 5.74) is 8.85. The molecule has 1 atom stereocenters. The monoisotopic (exact) mass is 247 g/mol. The maximum atomic E-state index is 5.72. The Balaban J connectivity index is 2.52. The van der Waals surface area contributed by atoms with E-state index in [2.05, 4.69) is 43.0 Å². The van der Waals surface area contributed by atoms with Gasteiger partial charge in [-0.25, -0.2) is 0 Å². The Morgan fingerprint density at radius 3 is 2.56 bits per heavy atom. The molecule has 1 aromatic rings. The van der Waals surface area contributed by atoms with Crippen molar-refractivity contribution in [2.75, 3.05) is 0 Å². The molecule has 0 bridgehead atoms. The zero-order valence-electron chi connectivity index (χ0n) is 11.7. The number of aromatic nitrogens is 2. The normalized spacial score (nSPS) is 20.6. The summed E-state index contributed by atoms with van der Waals surface area (Å²) in [7, 11) is 1.93. The Labute approximate surface area is 108 Å². The van der Waals surface area contributed by atoms with E-state index in [9.17, 15) is 0 Å². The summed E-state index contributed by atoms with van der Waals surface area (Å²) in [6, 6.07) is 0. The van der Waals surface area contributed by atoms with Gasteiger partial charge in [0.25, 0.3) is 0 Å². The number of nitrogens with zero attached hydrogens (tertiary/aromatic N) is 4. The topological polar surface area (TPSA) is 68.6 Å². The lowest BCUT2D eigenvalue weighted by Gasteiger charge is -2.21. The lowest BCUT2D eigenvalue weighted by Crippen LogP contribution is -2.27. The first-order valence-electron chi connectivity index (χ1n) is 6.23. The van der Waals surface area contributed by atoms with Crippen LogP contribution in [0.3, 0.4) is 0 Å². The van der Waals surface area contributed by atoms with Crippen molar-refractivity contribution in [2.45, 2.75) is 39.5 Å². The van der Waals surface area contributed by atoms with Gasteiger partial charge in [0.05, 0.1) is 11.4 Å². The zero-order chi connectivity index (χ0) is 13.5. The summed E-state index contributed by atoms with van der Waals surface area (Å²) in [4.78, 5) is 0. The van der Waals surface area contributed by atoms with Gasteiger partial charge < -0.3 is 5.73 Å². The lowest BCUT2D eigenvalue weighted by molar-refractivity contribution is 0.551. The summed E-state index contributed by atoms with van der Waals surface area (Å²) in [5, 5.41) is 12.9. The van der Waals surface area contributed by atoms with Crippen LogP contribution >= 0.6 is 0 Å². The van der Waals surface area contributed by atoms with Gasteiger partial charge in [0.1, 0.15) is 5.84 Å². The van der Waals surface area contributed by atoms with Crippen molar-refractivity contribution >= 4 is 11.5 Å². The molecule has 1 aromatic heterocycles. The average Bonchev–Trinajstić information content (AvgIpc) is 2.59. The highest BCUT2D eigenvalue weighted by Crippen LogP contribution is 2.28. The van der Waals surface area contributed by atoms with Crippen LogP contribution in [-0.4, -0.2) is 21.3 Å². The summed E-state index contributed by atoms with van der Waals surface area (Å²) in [6.45, 7) is 8.60. The van der Waals surface area contributed by atoms with Crippen LogP contribution in [0, 0.1) is 5.92 Å². The van der Waals surface area contributed by atoms with Crippen molar-refractivity contribution in [2.24, 2.45) is 28.9 Å². The summed E-state index contributed by atoms with van der Waals surface area (Å²) in [6.07, 6.45) is 2.78. The summed E-state index contributed by atoms with van der Waals surface area (Å²) < 4.78 is 1.84. The third-order valence-electron chi connectivity index (χ3n) is 3.08. The van der Waals surface area contributed by atoms with Gasteiger partial charge in [0.15, 0.2) is 0 Å². The molecular formula is C13H21N5. The minimum Gasteiger partial charge on any atom is -0.386 e. The van der Waals surface area contributed by atoms with Gasteiger partial charge in [-0.3, -0.25) is 4.68 Å². The Morgan fingerprint density at radius 1 is 1.33 bits per heavy atom. The Morgan fingerprint density at radius 2 is 2.00 bits per heavy atom. The third kappa shape index (κ3) is 2.30. The molecule has 1 unspecified atom stereocenters. The Hall–Kier alpha value is -1.65. The molecule has 1 aliphatic heterocycles. The summed E-state index contributed by atoms with van der Waals surface area (Å²) >= 11 is 0. The molecule has 0 aliphatic carbocycles. The van der Waals surface area contributed by atoms with Crippen LogP contribution in [0.2, 0.25) is 0 Å². The number of amidine groups is 1. The highest BCUT2D eigenvalue weighted by molar-refractivity contribution is 6.06. The fraction of sp³-hybridized carbons (Fsp3) is 0.615. The van der Waals surface area contributed by atoms with Crippen LogP contribution in [0.4, 0.5) is 0 Å². The highest BCUT2D eigenvalue weighted by Gasteiger charge is 2.28. The first-order chi connectivity index (χ1) is 8.29. The highest BCUT2D eigenvalue weighted by atomic mass is 15.3. The van der Waals surface area contributed by atoms with Crippen LogP contribution in [0.1, 0.15) is 45.4 Å². The fourth-order valence-corrected chi connectivity index (χ4v) is 2.22. The maximum absolute atomic E-state index is 5.72. The van der Waals surface area contributed by atoms with E-state index in [-0.39, 0.29) is 11.3 Å². The van der Waals surface area contributed by atoms with E-state index in [0.29, 0.717) is 5.84 Å². The predicted molar refractivity (Wildman–Crippen MR) is 73.8 cm³/mol. The number of aryl methyl sites for hydroxylation is 1. The van der Waals surface area contributed by atoms with E-state index in [4.69, 9.17) is 5.73 Å². The van der Waals surface area contributed by atoms with Gasteiger partial charge in [0, 0.05) is 36.6 Å². The van der Waals surface area contributed by atoms with E-state index < -0.39 is 0 Å². The molecule has 5 heteroatoms. The van der Waals surface area contributed by atoms with Gasteiger partial charge in [-0.15, -0.1) is 5.10 Å². The van der Waals surface area contributed by atoms with E-state index in [1.54, 1.807) is 0 Å². The molecule has 0 fully saturated rings. The van der Waals surface area contributed by atoms with Gasteiger partial charge >= 0.3 is 0 Å². The second kappa shape index (κ2) is 4.23. The number of hydrogen-bond donors (Lipinski definition) is 1. The largest absolute Gasteiger partial charge is 0.386 e. The van der Waals surface area contributed by atoms with Gasteiger partial charge in [-0.1, -0.05) is 27.7 Å². The first-order valence-corrected chi connectivity index (χ1v) is 6.23. The smallest absolute Gasteiger partial charge is 0.123 e. The molecule has 98 valence electrons. The van der Waals surface area contributed by atoms with Crippen molar-refractivity contribution in [1.82, 2.24) is 9.78 Å². The quantitative estimate of drug-likeness (QED) is 0.822. The van der Waals surface area contributed by atoms with Crippen molar-refractivity contribution < 1.29 is 0 Å². The minimum atomic E-state index is -0.00839. The molecule has 5 nitrogen and oxygen atoms in total. The molecule has 1 aliphatic rings. The predicted octanol–water partition coefficient (Wildman–Crippen LogP) is 1.82. The van der Waals surface area contributed by atoms with Crippen LogP contribution in [-0.2, 0) is 12.5 Å². The molecule has 0 amide bonds. The number of rotatable bonds is 1. The molecule has 18 heavy (non-hydrogen) atoms. The molecule has 2 rings (SSSR count). The molecule has 2 N–H and O–H groups in total. The fourth-order valence-electron chi connectivity index (χ4n) is 2.22. The molecule has 0 aromatic carbocycles. The number of hydrogen-bond acceptors (Lipinski definition) is 4. The Kier molecular flexibility index (Phi) is 3.00. The van der Waals surface area contributed by atoms with Gasteiger partial charge in [-0.2, -0.15) is 10.2 Å². The first kappa shape index (κ1) is 12.8. The lowest BCUT2D eigenvalue weighted by atomic mass is 9.85. The second-order valence-corrected chi connectivity index (χ2v) is 6.00. The second-order valence-electron chi connectivity index (χ2n) is 6.00. The van der Waals surface area contributed by atoms with E-state index >= 15 is 0 Å². The van der Waals surface area contributed by atoms with Gasteiger partial charge in [-0.05, 0) is 0 Å². The maximum Gasteiger partial charge on any atom is 0.123 e. The van der Waals surface area contributed by atoms with Crippen LogP contribution in [0.25, 0.3) is 0 Å². The minimum absolute atomic E-state index is 0.00839. The van der Waals surface area contributed by atoms with E-state index in [0.717, 1.165) is 23.4 Å². The SMILES string of the molecule is CC1CC(N)=NN=C1c1cn(C)nc1C(C)(C)C. The van der Waals surface area contributed by atoms with Crippen molar-refractivity contribution in [3.63, 3.8) is 0 Å². The van der Waals surface area contributed by atoms with Crippen molar-refractivity contribution in [3.05, 3.63) is 17.5 Å². The Bertz CT molecular complexity index is 516. The van der Waals surface area contributed by atoms with Crippen molar-refractivity contribution in [1.29, 1.82) is 0 Å². The number of nitrogens with two attached hydrogens (primary N) is 1. The van der Waals surface area contributed by atoms with E-state index in [1.165, 1.54) is 0 Å². The zero-order valence-corrected chi connectivity index (χ0v) is 11.7. The standard InChI is InChI=1S/C13H21N5/c1-8-6-10(14)15-16-11(8)9-7-18(5)17-12(9)13(2,3)4/h7-8H,6H2,1-5H3,(H2,14,15). The summed E-state index contributed by atoms with van der Waals surface area (Å²) in [5.74, 6) is 0.889. The third-order valence-corrected chi connectivity index (χ3v) is 3.08. The van der Waals surface area contributed by atoms with Gasteiger partial charge in [0.2, 0.25) is 0 Å². The van der Waals surface area contributed by atoms with Crippen LogP contribution < -0.4 is 5.73 Å². The molecule has 0 spiro atoms. The van der Waals surface area contributed by atoms with Crippen LogP contribution in [0.5, 0.6) is 0 Å². The molecule has 0 radical (unpaired) electrons. The van der Waals surface area contributed by atoms with E-state index in [1.807, 2.05) is 17.9 Å². The average molecular weight is 247 g/mol. The molecule has 0 saturated heterocycles. The molecule has 2 heterocycles. The van der Waals surface area contributed by atoms with Crippen LogP contribution in [0.15, 0.2) is 16.4 Å². The van der Waals surface area contributed by atoms with Crippen molar-refractivity contribution in [3.8, 4) is 0 Å². The molecule has 0 saturated carbocycles.